The smallest absolute Gasteiger partial charge is 0.122 e. The summed E-state index contributed by atoms with van der Waals surface area (Å²) in [5.41, 5.74) is 6.98. The van der Waals surface area contributed by atoms with Crippen LogP contribution in [0.2, 0.25) is 5.02 Å². The van der Waals surface area contributed by atoms with Gasteiger partial charge in [-0.25, -0.2) is 0 Å². The van der Waals surface area contributed by atoms with Gasteiger partial charge >= 0.3 is 0 Å². The Balaban J connectivity index is 2.24. The molecule has 0 saturated carbocycles. The Kier molecular flexibility index (Phi) is 4.02. The summed E-state index contributed by atoms with van der Waals surface area (Å²) in [7, 11) is 1.75. The highest BCUT2D eigenvalue weighted by Crippen LogP contribution is 2.32. The van der Waals surface area contributed by atoms with E-state index in [1.54, 1.807) is 13.2 Å². The van der Waals surface area contributed by atoms with Crippen LogP contribution in [-0.2, 0) is 4.74 Å². The lowest BCUT2D eigenvalue weighted by atomic mass is 9.94. The van der Waals surface area contributed by atoms with Gasteiger partial charge in [0, 0.05) is 25.8 Å². The number of amidine groups is 1. The molecule has 0 aliphatic carbocycles. The standard InChI is InChI=1S/C14H20ClN3O/c1-14(19-2)6-3-7-18(9-14)12-5-4-10(13(16)17)8-11(12)15/h4-5,8H,3,6-7,9H2,1-2H3,(H3,16,17). The topological polar surface area (TPSA) is 62.3 Å². The lowest BCUT2D eigenvalue weighted by Crippen LogP contribution is -2.47. The normalized spacial score (nSPS) is 23.4. The van der Waals surface area contributed by atoms with Gasteiger partial charge in [-0.05, 0) is 38.0 Å². The molecule has 4 nitrogen and oxygen atoms in total. The number of anilines is 1. The highest BCUT2D eigenvalue weighted by Gasteiger charge is 2.31. The zero-order valence-electron chi connectivity index (χ0n) is 11.4. The van der Waals surface area contributed by atoms with Gasteiger partial charge in [0.2, 0.25) is 0 Å². The molecule has 1 unspecified atom stereocenters. The van der Waals surface area contributed by atoms with Gasteiger partial charge in [0.25, 0.3) is 0 Å². The number of benzene rings is 1. The highest BCUT2D eigenvalue weighted by atomic mass is 35.5. The van der Waals surface area contributed by atoms with E-state index in [0.29, 0.717) is 10.6 Å². The molecular formula is C14H20ClN3O. The third kappa shape index (κ3) is 3.01. The molecule has 1 aliphatic heterocycles. The Bertz CT molecular complexity index is 492. The van der Waals surface area contributed by atoms with Crippen molar-refractivity contribution in [3.63, 3.8) is 0 Å². The van der Waals surface area contributed by atoms with Crippen LogP contribution in [0.15, 0.2) is 18.2 Å². The average molecular weight is 282 g/mol. The van der Waals surface area contributed by atoms with Crippen molar-refractivity contribution in [3.8, 4) is 0 Å². The lowest BCUT2D eigenvalue weighted by molar-refractivity contribution is -0.00464. The number of piperidine rings is 1. The van der Waals surface area contributed by atoms with E-state index in [-0.39, 0.29) is 11.4 Å². The predicted molar refractivity (Wildman–Crippen MR) is 79.3 cm³/mol. The number of halogens is 1. The van der Waals surface area contributed by atoms with Gasteiger partial charge in [-0.2, -0.15) is 0 Å². The van der Waals surface area contributed by atoms with Crippen LogP contribution in [0.4, 0.5) is 5.69 Å². The lowest BCUT2D eigenvalue weighted by Gasteiger charge is -2.41. The van der Waals surface area contributed by atoms with E-state index in [0.717, 1.165) is 31.6 Å². The molecule has 104 valence electrons. The summed E-state index contributed by atoms with van der Waals surface area (Å²) in [5.74, 6) is 0.0359. The molecule has 1 atom stereocenters. The first-order chi connectivity index (χ1) is 8.95. The van der Waals surface area contributed by atoms with Crippen molar-refractivity contribution in [1.29, 1.82) is 5.41 Å². The molecule has 1 aromatic carbocycles. The summed E-state index contributed by atoms with van der Waals surface area (Å²) in [6, 6.07) is 5.51. The van der Waals surface area contributed by atoms with Crippen molar-refractivity contribution in [2.45, 2.75) is 25.4 Å². The minimum atomic E-state index is -0.124. The van der Waals surface area contributed by atoms with Gasteiger partial charge < -0.3 is 15.4 Å². The maximum absolute atomic E-state index is 7.43. The average Bonchev–Trinajstić information content (AvgIpc) is 2.38. The Morgan fingerprint density at radius 2 is 2.26 bits per heavy atom. The Morgan fingerprint density at radius 1 is 1.53 bits per heavy atom. The molecule has 0 aromatic heterocycles. The van der Waals surface area contributed by atoms with Gasteiger partial charge in [0.15, 0.2) is 0 Å². The SMILES string of the molecule is COC1(C)CCCN(c2ccc(C(=N)N)cc2Cl)C1. The van der Waals surface area contributed by atoms with Crippen molar-refractivity contribution < 1.29 is 4.74 Å². The van der Waals surface area contributed by atoms with Crippen LogP contribution in [0.25, 0.3) is 0 Å². The second kappa shape index (κ2) is 5.39. The van der Waals surface area contributed by atoms with Crippen LogP contribution in [0, 0.1) is 5.41 Å². The van der Waals surface area contributed by atoms with Crippen molar-refractivity contribution in [2.24, 2.45) is 5.73 Å². The van der Waals surface area contributed by atoms with E-state index in [4.69, 9.17) is 27.5 Å². The van der Waals surface area contributed by atoms with Gasteiger partial charge in [0.05, 0.1) is 16.3 Å². The first-order valence-corrected chi connectivity index (χ1v) is 6.77. The van der Waals surface area contributed by atoms with Crippen molar-refractivity contribution >= 4 is 23.1 Å². The summed E-state index contributed by atoms with van der Waals surface area (Å²) < 4.78 is 5.59. The summed E-state index contributed by atoms with van der Waals surface area (Å²) in [6.45, 7) is 3.91. The number of nitrogens with two attached hydrogens (primary N) is 1. The molecule has 0 bridgehead atoms. The molecule has 5 heteroatoms. The third-order valence-corrected chi connectivity index (χ3v) is 4.05. The highest BCUT2D eigenvalue weighted by molar-refractivity contribution is 6.33. The molecule has 1 aromatic rings. The van der Waals surface area contributed by atoms with Crippen LogP contribution in [0.3, 0.4) is 0 Å². The number of nitrogens with one attached hydrogen (secondary N) is 1. The minimum Gasteiger partial charge on any atom is -0.384 e. The van der Waals surface area contributed by atoms with Gasteiger partial charge in [-0.3, -0.25) is 5.41 Å². The number of ether oxygens (including phenoxy) is 1. The minimum absolute atomic E-state index is 0.0359. The quantitative estimate of drug-likeness (QED) is 0.661. The largest absolute Gasteiger partial charge is 0.384 e. The molecule has 2 rings (SSSR count). The fraction of sp³-hybridized carbons (Fsp3) is 0.500. The number of rotatable bonds is 3. The monoisotopic (exact) mass is 281 g/mol. The van der Waals surface area contributed by atoms with E-state index in [1.165, 1.54) is 0 Å². The molecule has 19 heavy (non-hydrogen) atoms. The summed E-state index contributed by atoms with van der Waals surface area (Å²) >= 11 is 6.31. The molecular weight excluding hydrogens is 262 g/mol. The van der Waals surface area contributed by atoms with Crippen LogP contribution in [-0.4, -0.2) is 31.6 Å². The Labute approximate surface area is 119 Å². The van der Waals surface area contributed by atoms with E-state index in [2.05, 4.69) is 11.8 Å². The fourth-order valence-electron chi connectivity index (χ4n) is 2.51. The zero-order chi connectivity index (χ0) is 14.0. The first kappa shape index (κ1) is 14.2. The molecule has 1 fully saturated rings. The van der Waals surface area contributed by atoms with Crippen molar-refractivity contribution in [1.82, 2.24) is 0 Å². The summed E-state index contributed by atoms with van der Waals surface area (Å²) in [6.07, 6.45) is 2.14. The summed E-state index contributed by atoms with van der Waals surface area (Å²) in [5, 5.41) is 8.06. The van der Waals surface area contributed by atoms with E-state index in [1.807, 2.05) is 12.1 Å². The predicted octanol–water partition coefficient (Wildman–Crippen LogP) is 2.63. The molecule has 0 spiro atoms. The number of hydrogen-bond donors (Lipinski definition) is 2. The molecule has 1 saturated heterocycles. The Morgan fingerprint density at radius 3 is 2.84 bits per heavy atom. The third-order valence-electron chi connectivity index (χ3n) is 3.75. The number of methoxy groups -OCH3 is 1. The molecule has 1 heterocycles. The van der Waals surface area contributed by atoms with Crippen LogP contribution in [0.1, 0.15) is 25.3 Å². The molecule has 0 radical (unpaired) electrons. The second-order valence-electron chi connectivity index (χ2n) is 5.26. The van der Waals surface area contributed by atoms with Crippen LogP contribution >= 0.6 is 11.6 Å². The van der Waals surface area contributed by atoms with E-state index >= 15 is 0 Å². The van der Waals surface area contributed by atoms with Crippen LogP contribution in [0.5, 0.6) is 0 Å². The maximum atomic E-state index is 7.43. The van der Waals surface area contributed by atoms with Gasteiger partial charge in [-0.1, -0.05) is 11.6 Å². The maximum Gasteiger partial charge on any atom is 0.122 e. The van der Waals surface area contributed by atoms with Crippen molar-refractivity contribution in [2.75, 3.05) is 25.1 Å². The van der Waals surface area contributed by atoms with Crippen molar-refractivity contribution in [3.05, 3.63) is 28.8 Å². The van der Waals surface area contributed by atoms with E-state index in [9.17, 15) is 0 Å². The Hall–Kier alpha value is -1.26. The van der Waals surface area contributed by atoms with Crippen LogP contribution < -0.4 is 10.6 Å². The number of nitrogen functional groups attached to an aromatic ring is 1. The fourth-order valence-corrected chi connectivity index (χ4v) is 2.81. The molecule has 0 amide bonds. The zero-order valence-corrected chi connectivity index (χ0v) is 12.1. The van der Waals surface area contributed by atoms with Gasteiger partial charge in [-0.15, -0.1) is 0 Å². The van der Waals surface area contributed by atoms with Gasteiger partial charge in [0.1, 0.15) is 5.84 Å². The number of nitrogens with zero attached hydrogens (tertiary/aromatic N) is 1. The molecule has 3 N–H and O–H groups in total. The molecule has 1 aliphatic rings. The first-order valence-electron chi connectivity index (χ1n) is 6.39. The summed E-state index contributed by atoms with van der Waals surface area (Å²) in [4.78, 5) is 2.24. The number of hydrogen-bond acceptors (Lipinski definition) is 3. The second-order valence-corrected chi connectivity index (χ2v) is 5.67. The van der Waals surface area contributed by atoms with E-state index < -0.39 is 0 Å².